The third kappa shape index (κ3) is 6.10. The Kier molecular flexibility index (Phi) is 5.85. The fourth-order valence-electron chi connectivity index (χ4n) is 1.79. The van der Waals surface area contributed by atoms with Crippen molar-refractivity contribution in [3.8, 4) is 0 Å². The molecule has 0 heterocycles. The number of halogens is 3. The zero-order valence-corrected chi connectivity index (χ0v) is 11.7. The quantitative estimate of drug-likeness (QED) is 0.797. The summed E-state index contributed by atoms with van der Waals surface area (Å²) in [6.45, 7) is 7.08. The molecular formula is C15H22F3N. The van der Waals surface area contributed by atoms with Crippen molar-refractivity contribution in [2.75, 3.05) is 0 Å². The average Bonchev–Trinajstić information content (AvgIpc) is 2.33. The molecule has 0 saturated heterocycles. The van der Waals surface area contributed by atoms with Crippen molar-refractivity contribution in [1.82, 2.24) is 5.32 Å². The molecule has 0 aliphatic carbocycles. The third-order valence-electron chi connectivity index (χ3n) is 3.11. The summed E-state index contributed by atoms with van der Waals surface area (Å²) >= 11 is 0. The first-order valence-electron chi connectivity index (χ1n) is 6.68. The van der Waals surface area contributed by atoms with Gasteiger partial charge in [0.05, 0.1) is 5.56 Å². The largest absolute Gasteiger partial charge is 0.416 e. The molecule has 0 aromatic heterocycles. The molecule has 0 spiro atoms. The number of hydrogen-bond acceptors (Lipinski definition) is 1. The molecule has 0 amide bonds. The lowest BCUT2D eigenvalue weighted by Gasteiger charge is -2.15. The predicted molar refractivity (Wildman–Crippen MR) is 71.8 cm³/mol. The van der Waals surface area contributed by atoms with E-state index in [4.69, 9.17) is 0 Å². The number of benzene rings is 1. The Morgan fingerprint density at radius 2 is 1.58 bits per heavy atom. The summed E-state index contributed by atoms with van der Waals surface area (Å²) in [4.78, 5) is 0. The van der Waals surface area contributed by atoms with Crippen LogP contribution >= 0.6 is 0 Å². The fourth-order valence-corrected chi connectivity index (χ4v) is 1.79. The van der Waals surface area contributed by atoms with Crippen molar-refractivity contribution in [3.63, 3.8) is 0 Å². The first-order chi connectivity index (χ1) is 8.79. The van der Waals surface area contributed by atoms with Gasteiger partial charge in [-0.05, 0) is 43.4 Å². The summed E-state index contributed by atoms with van der Waals surface area (Å²) in [5.41, 5.74) is 0.286. The van der Waals surface area contributed by atoms with Crippen LogP contribution in [0.3, 0.4) is 0 Å². The molecule has 1 rings (SSSR count). The van der Waals surface area contributed by atoms with Crippen molar-refractivity contribution in [1.29, 1.82) is 0 Å². The van der Waals surface area contributed by atoms with Gasteiger partial charge in [0.1, 0.15) is 0 Å². The Hall–Kier alpha value is -1.03. The summed E-state index contributed by atoms with van der Waals surface area (Å²) in [5, 5.41) is 3.33. The number of hydrogen-bond donors (Lipinski definition) is 1. The maximum atomic E-state index is 12.4. The molecule has 1 unspecified atom stereocenters. The van der Waals surface area contributed by atoms with E-state index >= 15 is 0 Å². The molecule has 1 N–H and O–H groups in total. The van der Waals surface area contributed by atoms with Crippen LogP contribution in [0.5, 0.6) is 0 Å². The minimum Gasteiger partial charge on any atom is -0.310 e. The molecule has 0 radical (unpaired) electrons. The van der Waals surface area contributed by atoms with Crippen LogP contribution in [-0.4, -0.2) is 6.04 Å². The van der Waals surface area contributed by atoms with E-state index in [-0.39, 0.29) is 0 Å². The van der Waals surface area contributed by atoms with Crippen molar-refractivity contribution < 1.29 is 13.2 Å². The van der Waals surface area contributed by atoms with Gasteiger partial charge in [0.25, 0.3) is 0 Å². The summed E-state index contributed by atoms with van der Waals surface area (Å²) in [7, 11) is 0. The van der Waals surface area contributed by atoms with Crippen molar-refractivity contribution >= 4 is 0 Å². The van der Waals surface area contributed by atoms with E-state index < -0.39 is 11.7 Å². The fraction of sp³-hybridized carbons (Fsp3) is 0.600. The van der Waals surface area contributed by atoms with Crippen LogP contribution in [0.4, 0.5) is 13.2 Å². The number of alkyl halides is 3. The van der Waals surface area contributed by atoms with Crippen molar-refractivity contribution in [3.05, 3.63) is 35.4 Å². The molecule has 0 bridgehead atoms. The molecular weight excluding hydrogens is 251 g/mol. The standard InChI is InChI=1S/C15H22F3N/c1-11(2)4-5-12(3)19-10-13-6-8-14(9-7-13)15(16,17)18/h6-9,11-12,19H,4-5,10H2,1-3H3. The van der Waals surface area contributed by atoms with Crippen molar-refractivity contribution in [2.24, 2.45) is 5.92 Å². The first-order valence-corrected chi connectivity index (χ1v) is 6.68. The van der Waals surface area contributed by atoms with E-state index in [9.17, 15) is 13.2 Å². The highest BCUT2D eigenvalue weighted by molar-refractivity contribution is 5.24. The molecule has 0 aliphatic rings. The molecule has 1 aromatic carbocycles. The Labute approximate surface area is 113 Å². The van der Waals surface area contributed by atoms with Crippen LogP contribution < -0.4 is 5.32 Å². The maximum Gasteiger partial charge on any atom is 0.416 e. The maximum absolute atomic E-state index is 12.4. The molecule has 0 saturated carbocycles. The van der Waals surface area contributed by atoms with Crippen molar-refractivity contribution in [2.45, 2.75) is 52.4 Å². The summed E-state index contributed by atoms with van der Waals surface area (Å²) in [6, 6.07) is 5.71. The highest BCUT2D eigenvalue weighted by Gasteiger charge is 2.29. The van der Waals surface area contributed by atoms with Gasteiger partial charge >= 0.3 is 6.18 Å². The minimum atomic E-state index is -4.25. The van der Waals surface area contributed by atoms with Gasteiger partial charge in [-0.15, -0.1) is 0 Å². The van der Waals surface area contributed by atoms with Gasteiger partial charge in [-0.1, -0.05) is 26.0 Å². The third-order valence-corrected chi connectivity index (χ3v) is 3.11. The Morgan fingerprint density at radius 3 is 2.05 bits per heavy atom. The van der Waals surface area contributed by atoms with Crippen LogP contribution in [0, 0.1) is 5.92 Å². The predicted octanol–water partition coefficient (Wildman–Crippen LogP) is 4.62. The molecule has 1 aromatic rings. The topological polar surface area (TPSA) is 12.0 Å². The van der Waals surface area contributed by atoms with Crippen LogP contribution in [0.2, 0.25) is 0 Å². The van der Waals surface area contributed by atoms with E-state index in [1.165, 1.54) is 12.1 Å². The lowest BCUT2D eigenvalue weighted by Crippen LogP contribution is -2.25. The summed E-state index contributed by atoms with van der Waals surface area (Å²) in [5.74, 6) is 0.676. The Balaban J connectivity index is 2.42. The van der Waals surface area contributed by atoms with E-state index in [1.54, 1.807) is 0 Å². The van der Waals surface area contributed by atoms with Gasteiger partial charge in [0.15, 0.2) is 0 Å². The molecule has 1 atom stereocenters. The smallest absolute Gasteiger partial charge is 0.310 e. The Bertz CT molecular complexity index is 368. The van der Waals surface area contributed by atoms with E-state index in [1.807, 2.05) is 0 Å². The summed E-state index contributed by atoms with van der Waals surface area (Å²) in [6.07, 6.45) is -2.02. The van der Waals surface area contributed by atoms with E-state index in [0.29, 0.717) is 18.5 Å². The lowest BCUT2D eigenvalue weighted by molar-refractivity contribution is -0.137. The number of rotatable bonds is 6. The molecule has 0 aliphatic heterocycles. The van der Waals surface area contributed by atoms with E-state index in [2.05, 4.69) is 26.1 Å². The Morgan fingerprint density at radius 1 is 1.00 bits per heavy atom. The molecule has 1 nitrogen and oxygen atoms in total. The molecule has 108 valence electrons. The second-order valence-corrected chi connectivity index (χ2v) is 5.45. The number of nitrogens with one attached hydrogen (secondary N) is 1. The lowest BCUT2D eigenvalue weighted by atomic mass is 10.0. The second kappa shape index (κ2) is 6.94. The van der Waals surface area contributed by atoms with Crippen LogP contribution in [-0.2, 0) is 12.7 Å². The SMILES string of the molecule is CC(C)CCC(C)NCc1ccc(C(F)(F)F)cc1. The van der Waals surface area contributed by atoms with Gasteiger partial charge in [-0.25, -0.2) is 0 Å². The molecule has 19 heavy (non-hydrogen) atoms. The highest BCUT2D eigenvalue weighted by Crippen LogP contribution is 2.29. The normalized spacial score (nSPS) is 13.8. The highest BCUT2D eigenvalue weighted by atomic mass is 19.4. The zero-order valence-electron chi connectivity index (χ0n) is 11.7. The van der Waals surface area contributed by atoms with Gasteiger partial charge < -0.3 is 5.32 Å². The van der Waals surface area contributed by atoms with Gasteiger partial charge in [-0.3, -0.25) is 0 Å². The zero-order chi connectivity index (χ0) is 14.5. The summed E-state index contributed by atoms with van der Waals surface area (Å²) < 4.78 is 37.2. The van der Waals surface area contributed by atoms with Gasteiger partial charge in [0, 0.05) is 12.6 Å². The second-order valence-electron chi connectivity index (χ2n) is 5.45. The van der Waals surface area contributed by atoms with Gasteiger partial charge in [-0.2, -0.15) is 13.2 Å². The monoisotopic (exact) mass is 273 g/mol. The molecule has 0 fully saturated rings. The van der Waals surface area contributed by atoms with Gasteiger partial charge in [0.2, 0.25) is 0 Å². The van der Waals surface area contributed by atoms with Crippen LogP contribution in [0.25, 0.3) is 0 Å². The molecule has 4 heteroatoms. The average molecular weight is 273 g/mol. The van der Waals surface area contributed by atoms with Crippen LogP contribution in [0.1, 0.15) is 44.7 Å². The first kappa shape index (κ1) is 16.0. The van der Waals surface area contributed by atoms with E-state index in [0.717, 1.165) is 30.5 Å². The minimum absolute atomic E-state index is 0.379. The van der Waals surface area contributed by atoms with Crippen LogP contribution in [0.15, 0.2) is 24.3 Å².